The molecule has 0 bridgehead atoms. The van der Waals surface area contributed by atoms with Crippen molar-refractivity contribution in [3.63, 3.8) is 0 Å². The third kappa shape index (κ3) is 1.33. The smallest absolute Gasteiger partial charge is 0.133 e. The number of fused-ring (bicyclic) bond motifs is 1. The third-order valence-electron chi connectivity index (χ3n) is 2.04. The highest BCUT2D eigenvalue weighted by Gasteiger charge is 2.06. The van der Waals surface area contributed by atoms with E-state index in [0.717, 1.165) is 0 Å². The first-order chi connectivity index (χ1) is 6.72. The number of nitrogens with zero attached hydrogens (tertiary/aromatic N) is 2. The molecule has 0 amide bonds. The van der Waals surface area contributed by atoms with Crippen LogP contribution in [0.3, 0.4) is 0 Å². The number of hydrogen-bond donors (Lipinski definition) is 0. The maximum absolute atomic E-state index is 13.3. The van der Waals surface area contributed by atoms with Crippen molar-refractivity contribution in [1.82, 2.24) is 9.78 Å². The fourth-order valence-corrected chi connectivity index (χ4v) is 1.42. The van der Waals surface area contributed by atoms with E-state index in [4.69, 9.17) is 7.85 Å². The van der Waals surface area contributed by atoms with Gasteiger partial charge in [-0.3, -0.25) is 4.68 Å². The average Bonchev–Trinajstić information content (AvgIpc) is 2.49. The molecule has 0 aliphatic rings. The second-order valence-corrected chi connectivity index (χ2v) is 3.05. The largest absolute Gasteiger partial charge is 0.261 e. The van der Waals surface area contributed by atoms with Crippen LogP contribution in [-0.2, 0) is 6.54 Å². The number of aromatic nitrogens is 2. The molecule has 2 aromatic rings. The SMILES string of the molecule is [B]c1cc(F)c2cnn(CC=C)c2c1. The predicted octanol–water partition coefficient (Wildman–Crippen LogP) is 1.16. The van der Waals surface area contributed by atoms with Crippen molar-refractivity contribution in [1.29, 1.82) is 0 Å². The summed E-state index contributed by atoms with van der Waals surface area (Å²) >= 11 is 0. The summed E-state index contributed by atoms with van der Waals surface area (Å²) in [5.74, 6) is -0.338. The maximum atomic E-state index is 13.3. The lowest BCUT2D eigenvalue weighted by Gasteiger charge is -2.00. The van der Waals surface area contributed by atoms with Gasteiger partial charge in [0.2, 0.25) is 0 Å². The molecule has 0 N–H and O–H groups in total. The molecule has 2 rings (SSSR count). The van der Waals surface area contributed by atoms with E-state index in [1.807, 2.05) is 0 Å². The first kappa shape index (κ1) is 9.00. The summed E-state index contributed by atoms with van der Waals surface area (Å²) in [6.07, 6.45) is 3.20. The van der Waals surface area contributed by atoms with Gasteiger partial charge in [-0.2, -0.15) is 5.10 Å². The average molecular weight is 186 g/mol. The predicted molar refractivity (Wildman–Crippen MR) is 55.3 cm³/mol. The van der Waals surface area contributed by atoms with Gasteiger partial charge in [0.25, 0.3) is 0 Å². The van der Waals surface area contributed by atoms with E-state index in [1.54, 1.807) is 16.8 Å². The molecule has 0 aliphatic heterocycles. The topological polar surface area (TPSA) is 17.8 Å². The monoisotopic (exact) mass is 186 g/mol. The molecule has 2 nitrogen and oxygen atoms in total. The van der Waals surface area contributed by atoms with Gasteiger partial charge in [0.15, 0.2) is 0 Å². The lowest BCUT2D eigenvalue weighted by Crippen LogP contribution is -2.05. The van der Waals surface area contributed by atoms with E-state index in [9.17, 15) is 4.39 Å². The Morgan fingerprint density at radius 3 is 3.07 bits per heavy atom. The highest BCUT2D eigenvalue weighted by molar-refractivity contribution is 6.33. The molecule has 1 aromatic carbocycles. The molecule has 4 heteroatoms. The lowest BCUT2D eigenvalue weighted by atomic mass is 9.95. The van der Waals surface area contributed by atoms with Crippen molar-refractivity contribution in [2.45, 2.75) is 6.54 Å². The lowest BCUT2D eigenvalue weighted by molar-refractivity contribution is 0.641. The second-order valence-electron chi connectivity index (χ2n) is 3.05. The third-order valence-corrected chi connectivity index (χ3v) is 2.04. The van der Waals surface area contributed by atoms with Crippen molar-refractivity contribution in [2.24, 2.45) is 0 Å². The fourth-order valence-electron chi connectivity index (χ4n) is 1.42. The van der Waals surface area contributed by atoms with Crippen LogP contribution in [0, 0.1) is 5.82 Å². The van der Waals surface area contributed by atoms with Gasteiger partial charge in [-0.05, 0) is 12.1 Å². The van der Waals surface area contributed by atoms with E-state index in [-0.39, 0.29) is 5.82 Å². The van der Waals surface area contributed by atoms with Crippen LogP contribution in [-0.4, -0.2) is 17.6 Å². The first-order valence-corrected chi connectivity index (χ1v) is 4.24. The Kier molecular flexibility index (Phi) is 2.12. The van der Waals surface area contributed by atoms with Gasteiger partial charge in [0, 0.05) is 0 Å². The Morgan fingerprint density at radius 1 is 1.57 bits per heavy atom. The van der Waals surface area contributed by atoms with Crippen LogP contribution in [0.25, 0.3) is 10.9 Å². The van der Waals surface area contributed by atoms with Gasteiger partial charge < -0.3 is 0 Å². The molecule has 2 radical (unpaired) electrons. The molecule has 0 aliphatic carbocycles. The minimum absolute atomic E-state index is 0.338. The normalized spacial score (nSPS) is 10.6. The highest BCUT2D eigenvalue weighted by Crippen LogP contribution is 2.15. The van der Waals surface area contributed by atoms with Gasteiger partial charge in [-0.25, -0.2) is 4.39 Å². The maximum Gasteiger partial charge on any atom is 0.133 e. The van der Waals surface area contributed by atoms with Crippen LogP contribution in [0.5, 0.6) is 0 Å². The number of hydrogen-bond acceptors (Lipinski definition) is 1. The van der Waals surface area contributed by atoms with Gasteiger partial charge in [0.1, 0.15) is 13.7 Å². The summed E-state index contributed by atoms with van der Waals surface area (Å²) in [6.45, 7) is 4.15. The van der Waals surface area contributed by atoms with E-state index < -0.39 is 0 Å². The quantitative estimate of drug-likeness (QED) is 0.508. The first-order valence-electron chi connectivity index (χ1n) is 4.24. The molecule has 0 spiro atoms. The zero-order valence-electron chi connectivity index (χ0n) is 7.57. The van der Waals surface area contributed by atoms with Gasteiger partial charge in [-0.1, -0.05) is 11.5 Å². The molecule has 68 valence electrons. The molecule has 0 unspecified atom stereocenters. The highest BCUT2D eigenvalue weighted by atomic mass is 19.1. The van der Waals surface area contributed by atoms with E-state index in [1.165, 1.54) is 12.3 Å². The summed E-state index contributed by atoms with van der Waals surface area (Å²) in [7, 11) is 5.54. The fraction of sp³-hybridized carbons (Fsp3) is 0.100. The number of halogens is 1. The van der Waals surface area contributed by atoms with Gasteiger partial charge in [-0.15, -0.1) is 6.58 Å². The standard InChI is InChI=1S/C10H8BFN2/c1-2-3-14-10-5-7(11)4-9(12)8(10)6-13-14/h2,4-6H,1,3H2. The summed E-state index contributed by atoms with van der Waals surface area (Å²) < 4.78 is 15.0. The van der Waals surface area contributed by atoms with E-state index in [0.29, 0.717) is 22.9 Å². The Hall–Kier alpha value is -1.58. The van der Waals surface area contributed by atoms with Crippen LogP contribution in [0.15, 0.2) is 31.0 Å². The summed E-state index contributed by atoms with van der Waals surface area (Å²) in [4.78, 5) is 0. The van der Waals surface area contributed by atoms with Gasteiger partial charge in [0.05, 0.1) is 23.6 Å². The zero-order valence-corrected chi connectivity index (χ0v) is 7.57. The molecule has 1 aromatic heterocycles. The van der Waals surface area contributed by atoms with Crippen LogP contribution >= 0.6 is 0 Å². The number of allylic oxidation sites excluding steroid dienone is 1. The van der Waals surface area contributed by atoms with Gasteiger partial charge >= 0.3 is 0 Å². The molecular formula is C10H8BFN2. The molecular weight excluding hydrogens is 178 g/mol. The van der Waals surface area contributed by atoms with Crippen LogP contribution < -0.4 is 5.46 Å². The number of rotatable bonds is 2. The van der Waals surface area contributed by atoms with Crippen molar-refractivity contribution in [2.75, 3.05) is 0 Å². The van der Waals surface area contributed by atoms with Crippen LogP contribution in [0.4, 0.5) is 4.39 Å². The summed E-state index contributed by atoms with van der Waals surface area (Å²) in [6, 6.07) is 3.00. The van der Waals surface area contributed by atoms with E-state index in [2.05, 4.69) is 11.7 Å². The molecule has 0 fully saturated rings. The summed E-state index contributed by atoms with van der Waals surface area (Å²) in [5, 5.41) is 4.52. The minimum Gasteiger partial charge on any atom is -0.261 e. The molecule has 14 heavy (non-hydrogen) atoms. The minimum atomic E-state index is -0.338. The van der Waals surface area contributed by atoms with E-state index >= 15 is 0 Å². The molecule has 1 heterocycles. The second kappa shape index (κ2) is 3.29. The Morgan fingerprint density at radius 2 is 2.36 bits per heavy atom. The van der Waals surface area contributed by atoms with Crippen molar-refractivity contribution >= 4 is 24.2 Å². The molecule has 0 saturated heterocycles. The van der Waals surface area contributed by atoms with Crippen molar-refractivity contribution in [3.8, 4) is 0 Å². The number of benzene rings is 1. The Balaban J connectivity index is 2.71. The Labute approximate surface area is 82.4 Å². The van der Waals surface area contributed by atoms with Crippen molar-refractivity contribution < 1.29 is 4.39 Å². The van der Waals surface area contributed by atoms with Crippen molar-refractivity contribution in [3.05, 3.63) is 36.8 Å². The van der Waals surface area contributed by atoms with Crippen LogP contribution in [0.1, 0.15) is 0 Å². The summed E-state index contributed by atoms with van der Waals surface area (Å²) in [5.41, 5.74) is 1.10. The molecule has 0 atom stereocenters. The molecule has 0 saturated carbocycles. The van der Waals surface area contributed by atoms with Crippen LogP contribution in [0.2, 0.25) is 0 Å². The zero-order chi connectivity index (χ0) is 10.1. The Bertz CT molecular complexity index is 490.